The van der Waals surface area contributed by atoms with Gasteiger partial charge in [0, 0.05) is 23.9 Å². The van der Waals surface area contributed by atoms with Crippen LogP contribution in [0.5, 0.6) is 5.75 Å². The monoisotopic (exact) mass is 482 g/mol. The average Bonchev–Trinajstić information content (AvgIpc) is 2.82. The van der Waals surface area contributed by atoms with Crippen molar-refractivity contribution in [1.82, 2.24) is 0 Å². The summed E-state index contributed by atoms with van der Waals surface area (Å²) in [5.41, 5.74) is 1.12. The molecule has 0 atom stereocenters. The highest BCUT2D eigenvalue weighted by atomic mass is 32.2. The number of carbonyl (C=O) groups excluding carboxylic acids is 3. The second-order valence-corrected chi connectivity index (χ2v) is 8.80. The van der Waals surface area contributed by atoms with Crippen LogP contribution in [0.4, 0.5) is 11.4 Å². The van der Waals surface area contributed by atoms with Crippen molar-refractivity contribution in [2.75, 3.05) is 23.8 Å². The summed E-state index contributed by atoms with van der Waals surface area (Å²) in [5.74, 6) is -0.959. The molecule has 0 aliphatic carbocycles. The lowest BCUT2D eigenvalue weighted by molar-refractivity contribution is -0.114. The molecule has 3 aromatic rings. The zero-order valence-corrected chi connectivity index (χ0v) is 19.2. The number of carbonyl (C=O) groups is 3. The third-order valence-electron chi connectivity index (χ3n) is 4.58. The maximum Gasteiger partial charge on any atom is 0.338 e. The molecule has 0 spiro atoms. The van der Waals surface area contributed by atoms with Crippen molar-refractivity contribution in [2.24, 2.45) is 0 Å². The molecule has 0 unspecified atom stereocenters. The number of esters is 1. The summed E-state index contributed by atoms with van der Waals surface area (Å²) in [4.78, 5) is 35.6. The maximum atomic E-state index is 12.7. The van der Waals surface area contributed by atoms with Gasteiger partial charge in [-0.3, -0.25) is 14.3 Å². The number of methoxy groups -OCH3 is 1. The smallest absolute Gasteiger partial charge is 0.338 e. The van der Waals surface area contributed by atoms with Gasteiger partial charge in [-0.25, -0.2) is 13.2 Å². The standard InChI is InChI=1S/C24H22N2O7S/c1-16(27)25-19-8-6-17(7-9-19)23(28)15-33-24(29)18-4-3-5-22(14-18)34(30,31)26-20-10-12-21(32-2)13-11-20/h3-14,26H,15H2,1-2H3,(H,25,27). The molecule has 0 radical (unpaired) electrons. The Balaban J connectivity index is 1.64. The summed E-state index contributed by atoms with van der Waals surface area (Å²) in [6.07, 6.45) is 0. The number of ketones is 1. The van der Waals surface area contributed by atoms with E-state index in [1.165, 1.54) is 50.4 Å². The Morgan fingerprint density at radius 2 is 1.50 bits per heavy atom. The van der Waals surface area contributed by atoms with Gasteiger partial charge in [-0.1, -0.05) is 6.07 Å². The minimum atomic E-state index is -3.97. The molecule has 176 valence electrons. The molecule has 0 heterocycles. The van der Waals surface area contributed by atoms with Crippen LogP contribution in [0.25, 0.3) is 0 Å². The third kappa shape index (κ3) is 6.42. The first kappa shape index (κ1) is 24.5. The number of hydrogen-bond donors (Lipinski definition) is 2. The lowest BCUT2D eigenvalue weighted by Crippen LogP contribution is -2.16. The molecule has 0 aromatic heterocycles. The number of benzene rings is 3. The zero-order valence-electron chi connectivity index (χ0n) is 18.4. The number of amides is 1. The normalized spacial score (nSPS) is 10.8. The number of rotatable bonds is 9. The van der Waals surface area contributed by atoms with Gasteiger partial charge >= 0.3 is 5.97 Å². The van der Waals surface area contributed by atoms with Gasteiger partial charge < -0.3 is 14.8 Å². The number of hydrogen-bond acceptors (Lipinski definition) is 7. The molecule has 2 N–H and O–H groups in total. The van der Waals surface area contributed by atoms with Crippen LogP contribution in [0.2, 0.25) is 0 Å². The Morgan fingerprint density at radius 1 is 0.853 bits per heavy atom. The summed E-state index contributed by atoms with van der Waals surface area (Å²) in [7, 11) is -2.47. The summed E-state index contributed by atoms with van der Waals surface area (Å²) >= 11 is 0. The highest BCUT2D eigenvalue weighted by Crippen LogP contribution is 2.20. The van der Waals surface area contributed by atoms with Crippen LogP contribution in [0, 0.1) is 0 Å². The lowest BCUT2D eigenvalue weighted by Gasteiger charge is -2.10. The SMILES string of the molecule is COc1ccc(NS(=O)(=O)c2cccc(C(=O)OCC(=O)c3ccc(NC(C)=O)cc3)c2)cc1. The second kappa shape index (κ2) is 10.6. The van der Waals surface area contributed by atoms with E-state index in [4.69, 9.17) is 9.47 Å². The number of ether oxygens (including phenoxy) is 2. The van der Waals surface area contributed by atoms with E-state index in [1.807, 2.05) is 0 Å². The van der Waals surface area contributed by atoms with Crippen molar-refractivity contribution >= 4 is 39.1 Å². The molecule has 0 fully saturated rings. The predicted molar refractivity (Wildman–Crippen MR) is 126 cm³/mol. The second-order valence-electron chi connectivity index (χ2n) is 7.12. The highest BCUT2D eigenvalue weighted by molar-refractivity contribution is 7.92. The summed E-state index contributed by atoms with van der Waals surface area (Å²) in [5, 5.41) is 2.58. The van der Waals surface area contributed by atoms with E-state index in [1.54, 1.807) is 36.4 Å². The summed E-state index contributed by atoms with van der Waals surface area (Å²) < 4.78 is 37.9. The minimum Gasteiger partial charge on any atom is -0.497 e. The topological polar surface area (TPSA) is 128 Å². The van der Waals surface area contributed by atoms with Crippen LogP contribution in [-0.2, 0) is 19.6 Å². The van der Waals surface area contributed by atoms with Crippen molar-refractivity contribution < 1.29 is 32.3 Å². The van der Waals surface area contributed by atoms with Gasteiger partial charge in [0.2, 0.25) is 5.91 Å². The van der Waals surface area contributed by atoms with Crippen LogP contribution >= 0.6 is 0 Å². The molecule has 0 saturated heterocycles. The zero-order chi connectivity index (χ0) is 24.7. The highest BCUT2D eigenvalue weighted by Gasteiger charge is 2.18. The molecule has 10 heteroatoms. The van der Waals surface area contributed by atoms with Gasteiger partial charge in [0.05, 0.1) is 17.6 Å². The largest absolute Gasteiger partial charge is 0.497 e. The molecular formula is C24H22N2O7S. The van der Waals surface area contributed by atoms with Crippen LogP contribution in [0.3, 0.4) is 0 Å². The molecule has 0 aliphatic rings. The predicted octanol–water partition coefficient (Wildman–Crippen LogP) is 3.49. The van der Waals surface area contributed by atoms with Gasteiger partial charge in [0.25, 0.3) is 10.0 Å². The molecule has 9 nitrogen and oxygen atoms in total. The third-order valence-corrected chi connectivity index (χ3v) is 5.96. The van der Waals surface area contributed by atoms with Gasteiger partial charge in [0.15, 0.2) is 12.4 Å². The van der Waals surface area contributed by atoms with Gasteiger partial charge in [0.1, 0.15) is 5.75 Å². The van der Waals surface area contributed by atoms with Crippen LogP contribution in [0.15, 0.2) is 77.7 Å². The summed E-state index contributed by atoms with van der Waals surface area (Å²) in [6, 6.07) is 17.7. The van der Waals surface area contributed by atoms with Crippen LogP contribution in [-0.4, -0.2) is 39.8 Å². The van der Waals surface area contributed by atoms with Gasteiger partial charge in [-0.2, -0.15) is 0 Å². The first-order valence-corrected chi connectivity index (χ1v) is 11.5. The molecule has 0 aliphatic heterocycles. The van der Waals surface area contributed by atoms with E-state index in [0.717, 1.165) is 0 Å². The Bertz CT molecular complexity index is 1300. The first-order valence-electron chi connectivity index (χ1n) is 10.0. The molecule has 3 rings (SSSR count). The van der Waals surface area contributed by atoms with E-state index in [-0.39, 0.29) is 16.4 Å². The molecule has 1 amide bonds. The summed E-state index contributed by atoms with van der Waals surface area (Å²) in [6.45, 7) is 0.841. The van der Waals surface area contributed by atoms with Crippen molar-refractivity contribution in [1.29, 1.82) is 0 Å². The van der Waals surface area contributed by atoms with Crippen molar-refractivity contribution in [3.63, 3.8) is 0 Å². The Hall–Kier alpha value is -4.18. The van der Waals surface area contributed by atoms with Crippen molar-refractivity contribution in [3.8, 4) is 5.75 Å². The number of nitrogens with one attached hydrogen (secondary N) is 2. The molecule has 0 saturated carbocycles. The number of Topliss-reactive ketones (excluding diaryl/α,β-unsaturated/α-hetero) is 1. The fraction of sp³-hybridized carbons (Fsp3) is 0.125. The van der Waals surface area contributed by atoms with Gasteiger partial charge in [-0.05, 0) is 66.7 Å². The Kier molecular flexibility index (Phi) is 7.64. The van der Waals surface area contributed by atoms with E-state index in [0.29, 0.717) is 22.7 Å². The first-order chi connectivity index (χ1) is 16.2. The molecule has 0 bridgehead atoms. The van der Waals surface area contributed by atoms with Crippen molar-refractivity contribution in [3.05, 3.63) is 83.9 Å². The van der Waals surface area contributed by atoms with Crippen molar-refractivity contribution in [2.45, 2.75) is 11.8 Å². The maximum absolute atomic E-state index is 12.7. The fourth-order valence-electron chi connectivity index (χ4n) is 2.90. The van der Waals surface area contributed by atoms with E-state index >= 15 is 0 Å². The van der Waals surface area contributed by atoms with Crippen LogP contribution in [0.1, 0.15) is 27.6 Å². The minimum absolute atomic E-state index is 0.0218. The van der Waals surface area contributed by atoms with E-state index < -0.39 is 28.4 Å². The quantitative estimate of drug-likeness (QED) is 0.353. The molecule has 3 aromatic carbocycles. The number of sulfonamides is 1. The Morgan fingerprint density at radius 3 is 2.12 bits per heavy atom. The van der Waals surface area contributed by atoms with E-state index in [2.05, 4.69) is 10.0 Å². The number of anilines is 2. The average molecular weight is 483 g/mol. The molecule has 34 heavy (non-hydrogen) atoms. The fourth-order valence-corrected chi connectivity index (χ4v) is 4.01. The van der Waals surface area contributed by atoms with Gasteiger partial charge in [-0.15, -0.1) is 0 Å². The van der Waals surface area contributed by atoms with Crippen LogP contribution < -0.4 is 14.8 Å². The Labute approximate surface area is 196 Å². The molecular weight excluding hydrogens is 460 g/mol. The van der Waals surface area contributed by atoms with E-state index in [9.17, 15) is 22.8 Å². The lowest BCUT2D eigenvalue weighted by atomic mass is 10.1.